The van der Waals surface area contributed by atoms with Gasteiger partial charge in [0, 0.05) is 11.1 Å². The molecule has 0 spiro atoms. The third kappa shape index (κ3) is 3.00. The SMILES string of the molecule is COc1ccc(C(O)c2cccc(F)c2Cl)c(OC)c1Br. The lowest BCUT2D eigenvalue weighted by molar-refractivity contribution is 0.214. The quantitative estimate of drug-likeness (QED) is 0.864. The van der Waals surface area contributed by atoms with Crippen molar-refractivity contribution >= 4 is 27.5 Å². The van der Waals surface area contributed by atoms with Gasteiger partial charge in [-0.05, 0) is 34.1 Å². The summed E-state index contributed by atoms with van der Waals surface area (Å²) in [5.74, 6) is 0.384. The van der Waals surface area contributed by atoms with Gasteiger partial charge in [0.2, 0.25) is 0 Å². The number of ether oxygens (including phenoxy) is 2. The maximum absolute atomic E-state index is 13.5. The van der Waals surface area contributed by atoms with E-state index in [0.29, 0.717) is 21.5 Å². The minimum absolute atomic E-state index is 0.112. The topological polar surface area (TPSA) is 38.7 Å². The minimum atomic E-state index is -1.12. The molecular weight excluding hydrogens is 363 g/mol. The zero-order valence-electron chi connectivity index (χ0n) is 11.4. The third-order valence-electron chi connectivity index (χ3n) is 3.09. The standard InChI is InChI=1S/C15H13BrClFO3/c1-20-11-7-6-9(15(21-2)12(11)16)14(19)8-4-3-5-10(18)13(8)17/h3-7,14,19H,1-2H3. The van der Waals surface area contributed by atoms with Gasteiger partial charge in [0.25, 0.3) is 0 Å². The molecule has 3 nitrogen and oxygen atoms in total. The zero-order valence-corrected chi connectivity index (χ0v) is 13.7. The highest BCUT2D eigenvalue weighted by atomic mass is 79.9. The Balaban J connectivity index is 2.56. The molecule has 6 heteroatoms. The molecule has 0 aliphatic carbocycles. The second-order valence-electron chi connectivity index (χ2n) is 4.25. The Morgan fingerprint density at radius 1 is 1.14 bits per heavy atom. The Kier molecular flexibility index (Phi) is 5.08. The van der Waals surface area contributed by atoms with Crippen molar-refractivity contribution in [2.75, 3.05) is 14.2 Å². The van der Waals surface area contributed by atoms with Crippen molar-refractivity contribution in [1.29, 1.82) is 0 Å². The van der Waals surface area contributed by atoms with E-state index >= 15 is 0 Å². The predicted molar refractivity (Wildman–Crippen MR) is 82.7 cm³/mol. The molecule has 0 aliphatic heterocycles. The second-order valence-corrected chi connectivity index (χ2v) is 5.42. The molecule has 2 aromatic carbocycles. The van der Waals surface area contributed by atoms with Crippen LogP contribution in [0.4, 0.5) is 4.39 Å². The van der Waals surface area contributed by atoms with Gasteiger partial charge in [-0.15, -0.1) is 0 Å². The van der Waals surface area contributed by atoms with Crippen LogP contribution in [-0.4, -0.2) is 19.3 Å². The highest BCUT2D eigenvalue weighted by Crippen LogP contribution is 2.42. The molecule has 0 aromatic heterocycles. The molecule has 1 atom stereocenters. The van der Waals surface area contributed by atoms with Gasteiger partial charge in [-0.25, -0.2) is 4.39 Å². The second kappa shape index (κ2) is 6.64. The van der Waals surface area contributed by atoms with Crippen molar-refractivity contribution in [1.82, 2.24) is 0 Å². The molecule has 1 unspecified atom stereocenters. The Morgan fingerprint density at radius 3 is 2.48 bits per heavy atom. The molecule has 0 bridgehead atoms. The van der Waals surface area contributed by atoms with E-state index in [9.17, 15) is 9.50 Å². The predicted octanol–water partition coefficient (Wildman–Crippen LogP) is 4.34. The molecule has 0 saturated heterocycles. The molecular formula is C15H13BrClFO3. The van der Waals surface area contributed by atoms with Gasteiger partial charge in [0.05, 0.1) is 19.2 Å². The lowest BCUT2D eigenvalue weighted by Crippen LogP contribution is -2.05. The van der Waals surface area contributed by atoms with Gasteiger partial charge >= 0.3 is 0 Å². The van der Waals surface area contributed by atoms with Gasteiger partial charge in [0.15, 0.2) is 0 Å². The van der Waals surface area contributed by atoms with E-state index in [2.05, 4.69) is 15.9 Å². The van der Waals surface area contributed by atoms with Crippen LogP contribution in [0.2, 0.25) is 5.02 Å². The number of aliphatic hydroxyl groups excluding tert-OH is 1. The van der Waals surface area contributed by atoms with Crippen LogP contribution in [0.5, 0.6) is 11.5 Å². The first-order valence-electron chi connectivity index (χ1n) is 6.03. The van der Waals surface area contributed by atoms with Crippen molar-refractivity contribution in [3.63, 3.8) is 0 Å². The molecule has 0 heterocycles. The highest BCUT2D eigenvalue weighted by molar-refractivity contribution is 9.10. The van der Waals surface area contributed by atoms with Crippen LogP contribution in [0.3, 0.4) is 0 Å². The van der Waals surface area contributed by atoms with Crippen molar-refractivity contribution in [3.05, 3.63) is 56.8 Å². The monoisotopic (exact) mass is 374 g/mol. The number of benzene rings is 2. The molecule has 2 rings (SSSR count). The summed E-state index contributed by atoms with van der Waals surface area (Å²) in [5, 5.41) is 10.4. The smallest absolute Gasteiger partial charge is 0.142 e. The van der Waals surface area contributed by atoms with Crippen molar-refractivity contribution in [2.45, 2.75) is 6.10 Å². The molecule has 0 saturated carbocycles. The third-order valence-corrected chi connectivity index (χ3v) is 4.24. The average Bonchev–Trinajstić information content (AvgIpc) is 2.49. The van der Waals surface area contributed by atoms with Crippen molar-refractivity contribution in [3.8, 4) is 11.5 Å². The van der Waals surface area contributed by atoms with Crippen LogP contribution in [0, 0.1) is 5.82 Å². The molecule has 0 aliphatic rings. The lowest BCUT2D eigenvalue weighted by Gasteiger charge is -2.19. The largest absolute Gasteiger partial charge is 0.495 e. The summed E-state index contributed by atoms with van der Waals surface area (Å²) >= 11 is 9.28. The molecule has 21 heavy (non-hydrogen) atoms. The first kappa shape index (κ1) is 16.1. The molecule has 0 fully saturated rings. The summed E-state index contributed by atoms with van der Waals surface area (Å²) in [6.45, 7) is 0. The molecule has 1 N–H and O–H groups in total. The van der Waals surface area contributed by atoms with E-state index in [0.717, 1.165) is 0 Å². The Labute approximate surface area is 135 Å². The van der Waals surface area contributed by atoms with Crippen LogP contribution in [0.15, 0.2) is 34.8 Å². The van der Waals surface area contributed by atoms with Crippen molar-refractivity contribution in [2.24, 2.45) is 0 Å². The zero-order chi connectivity index (χ0) is 15.6. The normalized spacial score (nSPS) is 12.1. The lowest BCUT2D eigenvalue weighted by atomic mass is 10.00. The molecule has 0 radical (unpaired) electrons. The molecule has 112 valence electrons. The van der Waals surface area contributed by atoms with Crippen LogP contribution in [-0.2, 0) is 0 Å². The summed E-state index contributed by atoms with van der Waals surface area (Å²) in [6.07, 6.45) is -1.12. The minimum Gasteiger partial charge on any atom is -0.495 e. The first-order valence-corrected chi connectivity index (χ1v) is 7.20. The van der Waals surface area contributed by atoms with Crippen LogP contribution in [0.1, 0.15) is 17.2 Å². The number of halogens is 3. The summed E-state index contributed by atoms with van der Waals surface area (Å²) in [5.41, 5.74) is 0.727. The van der Waals surface area contributed by atoms with Crippen LogP contribution < -0.4 is 9.47 Å². The maximum Gasteiger partial charge on any atom is 0.142 e. The van der Waals surface area contributed by atoms with E-state index in [1.807, 2.05) is 0 Å². The Morgan fingerprint density at radius 2 is 1.86 bits per heavy atom. The number of methoxy groups -OCH3 is 2. The molecule has 2 aromatic rings. The van der Waals surface area contributed by atoms with Crippen LogP contribution in [0.25, 0.3) is 0 Å². The fourth-order valence-electron chi connectivity index (χ4n) is 2.03. The van der Waals surface area contributed by atoms with Gasteiger partial charge in [0.1, 0.15) is 27.9 Å². The van der Waals surface area contributed by atoms with Gasteiger partial charge < -0.3 is 14.6 Å². The summed E-state index contributed by atoms with van der Waals surface area (Å²) in [6, 6.07) is 7.62. The Hall–Kier alpha value is -1.30. The van der Waals surface area contributed by atoms with Gasteiger partial charge in [-0.1, -0.05) is 23.7 Å². The fourth-order valence-corrected chi connectivity index (χ4v) is 2.95. The van der Waals surface area contributed by atoms with Crippen LogP contribution >= 0.6 is 27.5 Å². The summed E-state index contributed by atoms with van der Waals surface area (Å²) in [7, 11) is 3.00. The maximum atomic E-state index is 13.5. The van der Waals surface area contributed by atoms with E-state index < -0.39 is 11.9 Å². The highest BCUT2D eigenvalue weighted by Gasteiger charge is 2.22. The Bertz CT molecular complexity index is 664. The number of aliphatic hydroxyl groups is 1. The van der Waals surface area contributed by atoms with Gasteiger partial charge in [-0.3, -0.25) is 0 Å². The number of hydrogen-bond acceptors (Lipinski definition) is 3. The summed E-state index contributed by atoms with van der Waals surface area (Å²) < 4.78 is 24.6. The molecule has 0 amide bonds. The fraction of sp³-hybridized carbons (Fsp3) is 0.200. The van der Waals surface area contributed by atoms with E-state index in [-0.39, 0.29) is 10.6 Å². The van der Waals surface area contributed by atoms with E-state index in [1.165, 1.54) is 26.4 Å². The summed E-state index contributed by atoms with van der Waals surface area (Å²) in [4.78, 5) is 0. The average molecular weight is 376 g/mol. The van der Waals surface area contributed by atoms with E-state index in [1.54, 1.807) is 18.2 Å². The van der Waals surface area contributed by atoms with Crippen molar-refractivity contribution < 1.29 is 19.0 Å². The number of hydrogen-bond donors (Lipinski definition) is 1. The van der Waals surface area contributed by atoms with Gasteiger partial charge in [-0.2, -0.15) is 0 Å². The number of rotatable bonds is 4. The van der Waals surface area contributed by atoms with E-state index in [4.69, 9.17) is 21.1 Å². The first-order chi connectivity index (χ1) is 10.0.